The molecule has 7 nitrogen and oxygen atoms in total. The van der Waals surface area contributed by atoms with Crippen molar-refractivity contribution in [3.63, 3.8) is 0 Å². The fourth-order valence-electron chi connectivity index (χ4n) is 2.63. The van der Waals surface area contributed by atoms with Crippen LogP contribution in [0.3, 0.4) is 0 Å². The standard InChI is InChI=1S/C16H19FN4O3/c1-2-23-16(22)21-9-7-11(8-10-21)18-15-19-14(20-24-15)12-5-3-4-6-13(12)17/h3-6,11H,2,7-10H2,1H3,(H,18,19,20). The SMILES string of the molecule is CCOC(=O)N1CCC(Nc2nc(-c3ccccc3F)no2)CC1. The number of hydrogen-bond acceptors (Lipinski definition) is 6. The summed E-state index contributed by atoms with van der Waals surface area (Å²) in [7, 11) is 0. The zero-order valence-electron chi connectivity index (χ0n) is 13.4. The van der Waals surface area contributed by atoms with E-state index in [1.807, 2.05) is 0 Å². The van der Waals surface area contributed by atoms with Gasteiger partial charge in [-0.25, -0.2) is 9.18 Å². The first-order valence-electron chi connectivity index (χ1n) is 7.94. The van der Waals surface area contributed by atoms with Crippen LogP contribution in [0.4, 0.5) is 15.2 Å². The van der Waals surface area contributed by atoms with E-state index in [-0.39, 0.29) is 24.0 Å². The minimum absolute atomic E-state index is 0.115. The number of aromatic nitrogens is 2. The second-order valence-corrected chi connectivity index (χ2v) is 5.51. The average Bonchev–Trinajstić information content (AvgIpc) is 3.04. The Hall–Kier alpha value is -2.64. The minimum atomic E-state index is -0.396. The highest BCUT2D eigenvalue weighted by atomic mass is 19.1. The molecule has 1 saturated heterocycles. The van der Waals surface area contributed by atoms with Gasteiger partial charge in [0.15, 0.2) is 0 Å². The molecule has 0 bridgehead atoms. The first-order valence-corrected chi connectivity index (χ1v) is 7.94. The van der Waals surface area contributed by atoms with Gasteiger partial charge in [-0.05, 0) is 31.9 Å². The third-order valence-electron chi connectivity index (χ3n) is 3.89. The lowest BCUT2D eigenvalue weighted by molar-refractivity contribution is 0.0982. The molecule has 0 saturated carbocycles. The number of rotatable bonds is 4. The van der Waals surface area contributed by atoms with Gasteiger partial charge in [0.25, 0.3) is 0 Å². The number of hydrogen-bond donors (Lipinski definition) is 1. The Morgan fingerprint density at radius 2 is 2.17 bits per heavy atom. The highest BCUT2D eigenvalue weighted by Gasteiger charge is 2.24. The number of benzene rings is 1. The molecule has 1 aromatic carbocycles. The smallest absolute Gasteiger partial charge is 0.409 e. The van der Waals surface area contributed by atoms with Crippen molar-refractivity contribution in [2.75, 3.05) is 25.0 Å². The number of likely N-dealkylation sites (tertiary alicyclic amines) is 1. The maximum absolute atomic E-state index is 13.7. The van der Waals surface area contributed by atoms with Crippen LogP contribution in [0.2, 0.25) is 0 Å². The molecule has 0 unspecified atom stereocenters. The number of nitrogens with zero attached hydrogens (tertiary/aromatic N) is 3. The zero-order chi connectivity index (χ0) is 16.9. The number of carbonyl (C=O) groups excluding carboxylic acids is 1. The molecule has 0 atom stereocenters. The first kappa shape index (κ1) is 16.2. The van der Waals surface area contributed by atoms with E-state index < -0.39 is 5.82 Å². The van der Waals surface area contributed by atoms with Crippen LogP contribution >= 0.6 is 0 Å². The van der Waals surface area contributed by atoms with Crippen molar-refractivity contribution >= 4 is 12.1 Å². The van der Waals surface area contributed by atoms with E-state index in [0.29, 0.717) is 25.3 Å². The Labute approximate surface area is 138 Å². The summed E-state index contributed by atoms with van der Waals surface area (Å²) >= 11 is 0. The van der Waals surface area contributed by atoms with E-state index in [4.69, 9.17) is 9.26 Å². The Bertz CT molecular complexity index is 698. The van der Waals surface area contributed by atoms with Crippen molar-refractivity contribution in [3.8, 4) is 11.4 Å². The van der Waals surface area contributed by atoms with Crippen LogP contribution in [0.1, 0.15) is 19.8 Å². The normalized spacial score (nSPS) is 15.3. The number of carbonyl (C=O) groups is 1. The average molecular weight is 334 g/mol. The summed E-state index contributed by atoms with van der Waals surface area (Å²) in [6, 6.07) is 6.64. The summed E-state index contributed by atoms with van der Waals surface area (Å²) in [5, 5.41) is 6.95. The fourth-order valence-corrected chi connectivity index (χ4v) is 2.63. The van der Waals surface area contributed by atoms with E-state index >= 15 is 0 Å². The quantitative estimate of drug-likeness (QED) is 0.926. The predicted molar refractivity (Wildman–Crippen MR) is 84.9 cm³/mol. The lowest BCUT2D eigenvalue weighted by Crippen LogP contribution is -2.42. The van der Waals surface area contributed by atoms with Crippen molar-refractivity contribution in [1.29, 1.82) is 0 Å². The number of piperidine rings is 1. The summed E-state index contributed by atoms with van der Waals surface area (Å²) in [4.78, 5) is 17.5. The monoisotopic (exact) mass is 334 g/mol. The molecular formula is C16H19FN4O3. The molecular weight excluding hydrogens is 315 g/mol. The highest BCUT2D eigenvalue weighted by molar-refractivity contribution is 5.67. The molecule has 1 N–H and O–H groups in total. The number of nitrogens with one attached hydrogen (secondary N) is 1. The second kappa shape index (κ2) is 7.29. The fraction of sp³-hybridized carbons (Fsp3) is 0.438. The lowest BCUT2D eigenvalue weighted by atomic mass is 10.1. The van der Waals surface area contributed by atoms with Gasteiger partial charge in [0.1, 0.15) is 5.82 Å². The second-order valence-electron chi connectivity index (χ2n) is 5.51. The van der Waals surface area contributed by atoms with Crippen molar-refractivity contribution in [3.05, 3.63) is 30.1 Å². The summed E-state index contributed by atoms with van der Waals surface area (Å²) in [6.45, 7) is 3.36. The van der Waals surface area contributed by atoms with Gasteiger partial charge < -0.3 is 19.5 Å². The molecule has 0 aliphatic carbocycles. The topological polar surface area (TPSA) is 80.5 Å². The van der Waals surface area contributed by atoms with Crippen molar-refractivity contribution < 1.29 is 18.4 Å². The Morgan fingerprint density at radius 1 is 1.42 bits per heavy atom. The van der Waals surface area contributed by atoms with E-state index in [9.17, 15) is 9.18 Å². The van der Waals surface area contributed by atoms with Gasteiger partial charge >= 0.3 is 12.1 Å². The van der Waals surface area contributed by atoms with Gasteiger partial charge in [-0.1, -0.05) is 17.3 Å². The van der Waals surface area contributed by atoms with E-state index in [1.54, 1.807) is 30.0 Å². The molecule has 1 fully saturated rings. The van der Waals surface area contributed by atoms with Crippen molar-refractivity contribution in [2.24, 2.45) is 0 Å². The minimum Gasteiger partial charge on any atom is -0.450 e. The molecule has 1 aromatic heterocycles. The molecule has 1 aliphatic rings. The van der Waals surface area contributed by atoms with Gasteiger partial charge in [-0.2, -0.15) is 4.98 Å². The van der Waals surface area contributed by atoms with Gasteiger partial charge in [0, 0.05) is 19.1 Å². The summed E-state index contributed by atoms with van der Waals surface area (Å²) in [5.41, 5.74) is 0.298. The molecule has 2 aromatic rings. The van der Waals surface area contributed by atoms with E-state index in [0.717, 1.165) is 12.8 Å². The largest absolute Gasteiger partial charge is 0.450 e. The third kappa shape index (κ3) is 3.64. The Morgan fingerprint density at radius 3 is 2.88 bits per heavy atom. The summed E-state index contributed by atoms with van der Waals surface area (Å²) in [5.74, 6) is -0.188. The summed E-state index contributed by atoms with van der Waals surface area (Å²) in [6.07, 6.45) is 1.21. The van der Waals surface area contributed by atoms with Crippen LogP contribution in [0.5, 0.6) is 0 Å². The predicted octanol–water partition coefficient (Wildman–Crippen LogP) is 2.91. The molecule has 0 radical (unpaired) electrons. The van der Waals surface area contributed by atoms with Crippen LogP contribution in [0, 0.1) is 5.82 Å². The molecule has 0 spiro atoms. The number of ether oxygens (including phenoxy) is 1. The van der Waals surface area contributed by atoms with Crippen LogP contribution in [-0.4, -0.2) is 46.9 Å². The number of amides is 1. The molecule has 1 aliphatic heterocycles. The maximum Gasteiger partial charge on any atom is 0.409 e. The van der Waals surface area contributed by atoms with Gasteiger partial charge in [-0.3, -0.25) is 0 Å². The van der Waals surface area contributed by atoms with Gasteiger partial charge in [0.2, 0.25) is 5.82 Å². The molecule has 8 heteroatoms. The Kier molecular flexibility index (Phi) is 4.93. The molecule has 3 rings (SSSR count). The van der Waals surface area contributed by atoms with Crippen molar-refractivity contribution in [1.82, 2.24) is 15.0 Å². The molecule has 128 valence electrons. The number of halogens is 1. The summed E-state index contributed by atoms with van der Waals surface area (Å²) < 4.78 is 23.9. The highest BCUT2D eigenvalue weighted by Crippen LogP contribution is 2.22. The van der Waals surface area contributed by atoms with Crippen LogP contribution in [0.15, 0.2) is 28.8 Å². The lowest BCUT2D eigenvalue weighted by Gasteiger charge is -2.31. The van der Waals surface area contributed by atoms with E-state index in [1.165, 1.54) is 6.07 Å². The molecule has 1 amide bonds. The first-order chi connectivity index (χ1) is 11.7. The molecule has 24 heavy (non-hydrogen) atoms. The third-order valence-corrected chi connectivity index (χ3v) is 3.89. The van der Waals surface area contributed by atoms with Crippen LogP contribution in [-0.2, 0) is 4.74 Å². The van der Waals surface area contributed by atoms with Gasteiger partial charge in [0.05, 0.1) is 12.2 Å². The number of anilines is 1. The van der Waals surface area contributed by atoms with Gasteiger partial charge in [-0.15, -0.1) is 0 Å². The van der Waals surface area contributed by atoms with Crippen LogP contribution < -0.4 is 5.32 Å². The van der Waals surface area contributed by atoms with Crippen molar-refractivity contribution in [2.45, 2.75) is 25.8 Å². The van der Waals surface area contributed by atoms with E-state index in [2.05, 4.69) is 15.5 Å². The maximum atomic E-state index is 13.7. The Balaban J connectivity index is 1.57. The molecule has 2 heterocycles. The van der Waals surface area contributed by atoms with Crippen LogP contribution in [0.25, 0.3) is 11.4 Å². The zero-order valence-corrected chi connectivity index (χ0v) is 13.4.